The van der Waals surface area contributed by atoms with Crippen molar-refractivity contribution < 1.29 is 38.8 Å². The molecule has 0 radical (unpaired) electrons. The molecule has 2 aliphatic rings. The van der Waals surface area contributed by atoms with Crippen LogP contribution >= 0.6 is 23.2 Å². The van der Waals surface area contributed by atoms with E-state index in [1.54, 1.807) is 30.5 Å². The number of aliphatic carboxylic acids is 1. The van der Waals surface area contributed by atoms with Crippen molar-refractivity contribution >= 4 is 41.2 Å². The van der Waals surface area contributed by atoms with Crippen molar-refractivity contribution in [2.45, 2.75) is 58.0 Å². The monoisotopic (exact) mass is 781 g/mol. The molecule has 3 atom stereocenters. The summed E-state index contributed by atoms with van der Waals surface area (Å²) in [6.45, 7) is 4.38. The Labute approximate surface area is 327 Å². The Morgan fingerprint density at radius 2 is 1.64 bits per heavy atom. The minimum absolute atomic E-state index is 0.0143. The fraction of sp³-hybridized carbons (Fsp3) is 0.238. The molecular weight excluding hydrogens is 745 g/mol. The Hall–Kier alpha value is -5.78. The SMILES string of the molecule is Cc1nccc(-c2ccc(C[C@H](NC(=O)[C@@H]3Cc4cc5c(cc4CN3C(=O)O)O[C@@H](c3ccc(OCc4ccc(Cl)c(Cl)c4)cc3)CO5)C(=O)O)cc2)c1C. The van der Waals surface area contributed by atoms with Crippen LogP contribution in [0.3, 0.4) is 0 Å². The highest BCUT2D eigenvalue weighted by molar-refractivity contribution is 6.42. The molecule has 0 spiro atoms. The molecule has 4 aromatic carbocycles. The standard InChI is InChI=1S/C42H37Cl2N3O8/c1-23-24(2)45-14-13-32(23)27-6-3-25(4-7-27)16-35(41(49)50)46-40(48)36-17-29-18-37-38(19-30(29)20-47(36)42(51)52)55-39(22-54-37)28-8-10-31(11-9-28)53-21-26-5-12-33(43)34(44)15-26/h3-15,18-19,35-36,39H,16-17,20-22H2,1-2H3,(H,46,48)(H,49,50)(H,51,52)/t35-,36-,39+/m0/s1. The lowest BCUT2D eigenvalue weighted by molar-refractivity contribution is -0.142. The third kappa shape index (κ3) is 8.33. The number of carbonyl (C=O) groups is 3. The van der Waals surface area contributed by atoms with Crippen LogP contribution in [0, 0.1) is 13.8 Å². The van der Waals surface area contributed by atoms with E-state index in [0.29, 0.717) is 50.6 Å². The molecule has 0 saturated carbocycles. The first-order valence-corrected chi connectivity index (χ1v) is 18.3. The van der Waals surface area contributed by atoms with Gasteiger partial charge in [-0.25, -0.2) is 9.59 Å². The van der Waals surface area contributed by atoms with Gasteiger partial charge in [-0.15, -0.1) is 0 Å². The number of halogens is 2. The van der Waals surface area contributed by atoms with E-state index in [9.17, 15) is 24.6 Å². The molecule has 3 N–H and O–H groups in total. The van der Waals surface area contributed by atoms with Gasteiger partial charge in [0.2, 0.25) is 5.91 Å². The summed E-state index contributed by atoms with van der Waals surface area (Å²) >= 11 is 12.1. The second-order valence-corrected chi connectivity index (χ2v) is 14.4. The summed E-state index contributed by atoms with van der Waals surface area (Å²) in [6, 6.07) is 23.3. The molecule has 11 nitrogen and oxygen atoms in total. The lowest BCUT2D eigenvalue weighted by atomic mass is 9.92. The maximum atomic E-state index is 13.6. The molecule has 2 aliphatic heterocycles. The fourth-order valence-electron chi connectivity index (χ4n) is 6.80. The number of fused-ring (bicyclic) bond motifs is 2. The van der Waals surface area contributed by atoms with Crippen LogP contribution in [0.4, 0.5) is 4.79 Å². The molecule has 7 rings (SSSR count). The van der Waals surface area contributed by atoms with Gasteiger partial charge in [0.05, 0.1) is 16.6 Å². The van der Waals surface area contributed by atoms with E-state index in [1.165, 1.54) is 0 Å². The van der Waals surface area contributed by atoms with Crippen molar-refractivity contribution in [3.63, 3.8) is 0 Å². The Kier molecular flexibility index (Phi) is 10.9. The highest BCUT2D eigenvalue weighted by Crippen LogP contribution is 2.41. The summed E-state index contributed by atoms with van der Waals surface area (Å²) < 4.78 is 18.3. The van der Waals surface area contributed by atoms with Crippen molar-refractivity contribution in [2.75, 3.05) is 6.61 Å². The summed E-state index contributed by atoms with van der Waals surface area (Å²) in [4.78, 5) is 43.7. The quantitative estimate of drug-likeness (QED) is 0.128. The number of nitrogens with one attached hydrogen (secondary N) is 1. The molecular formula is C42H37Cl2N3O8. The smallest absolute Gasteiger partial charge is 0.408 e. The molecule has 0 unspecified atom stereocenters. The molecule has 0 fully saturated rings. The number of carboxylic acid groups (broad SMARTS) is 2. The van der Waals surface area contributed by atoms with Crippen molar-refractivity contribution in [2.24, 2.45) is 0 Å². The van der Waals surface area contributed by atoms with Gasteiger partial charge in [0.15, 0.2) is 17.6 Å². The van der Waals surface area contributed by atoms with Gasteiger partial charge in [-0.1, -0.05) is 65.7 Å². The molecule has 55 heavy (non-hydrogen) atoms. The van der Waals surface area contributed by atoms with Crippen molar-refractivity contribution in [1.29, 1.82) is 0 Å². The Morgan fingerprint density at radius 1 is 0.909 bits per heavy atom. The zero-order valence-corrected chi connectivity index (χ0v) is 31.4. The molecule has 3 heterocycles. The zero-order valence-electron chi connectivity index (χ0n) is 29.9. The second-order valence-electron chi connectivity index (χ2n) is 13.6. The van der Waals surface area contributed by atoms with E-state index in [-0.39, 0.29) is 26.0 Å². The average Bonchev–Trinajstić information content (AvgIpc) is 3.18. The van der Waals surface area contributed by atoms with Gasteiger partial charge in [0.1, 0.15) is 31.0 Å². The van der Waals surface area contributed by atoms with Crippen molar-refractivity contribution in [3.05, 3.63) is 140 Å². The van der Waals surface area contributed by atoms with E-state index < -0.39 is 36.2 Å². The minimum atomic E-state index is -1.30. The van der Waals surface area contributed by atoms with Gasteiger partial charge in [0.25, 0.3) is 0 Å². The number of aromatic nitrogens is 1. The van der Waals surface area contributed by atoms with Gasteiger partial charge in [-0.2, -0.15) is 0 Å². The zero-order chi connectivity index (χ0) is 38.8. The number of carbonyl (C=O) groups excluding carboxylic acids is 1. The Balaban J connectivity index is 1.00. The summed E-state index contributed by atoms with van der Waals surface area (Å²) in [6.07, 6.45) is 0.0609. The predicted molar refractivity (Wildman–Crippen MR) is 206 cm³/mol. The average molecular weight is 783 g/mol. The largest absolute Gasteiger partial charge is 0.489 e. The van der Waals surface area contributed by atoms with Crippen LogP contribution in [0.5, 0.6) is 17.2 Å². The number of amides is 2. The third-order valence-electron chi connectivity index (χ3n) is 10.0. The molecule has 282 valence electrons. The van der Waals surface area contributed by atoms with Gasteiger partial charge >= 0.3 is 12.1 Å². The second kappa shape index (κ2) is 15.9. The Bertz CT molecular complexity index is 2270. The number of nitrogens with zero attached hydrogens (tertiary/aromatic N) is 2. The van der Waals surface area contributed by atoms with Crippen LogP contribution in [-0.4, -0.2) is 56.8 Å². The van der Waals surface area contributed by atoms with E-state index in [2.05, 4.69) is 10.3 Å². The molecule has 0 saturated heterocycles. The van der Waals surface area contributed by atoms with Gasteiger partial charge in [-0.05, 0) is 101 Å². The summed E-state index contributed by atoms with van der Waals surface area (Å²) in [5, 5.41) is 23.7. The number of hydrogen-bond donors (Lipinski definition) is 3. The summed E-state index contributed by atoms with van der Waals surface area (Å²) in [7, 11) is 0. The summed E-state index contributed by atoms with van der Waals surface area (Å²) in [5.41, 5.74) is 7.79. The normalized spacial score (nSPS) is 16.5. The van der Waals surface area contributed by atoms with Crippen LogP contribution in [0.2, 0.25) is 10.0 Å². The van der Waals surface area contributed by atoms with Crippen LogP contribution in [0.1, 0.15) is 45.2 Å². The highest BCUT2D eigenvalue weighted by Gasteiger charge is 2.38. The maximum Gasteiger partial charge on any atom is 0.408 e. The molecule has 1 aromatic heterocycles. The van der Waals surface area contributed by atoms with Gasteiger partial charge < -0.3 is 29.7 Å². The fourth-order valence-corrected chi connectivity index (χ4v) is 7.12. The Morgan fingerprint density at radius 3 is 2.35 bits per heavy atom. The highest BCUT2D eigenvalue weighted by atomic mass is 35.5. The first-order chi connectivity index (χ1) is 26.4. The van der Waals surface area contributed by atoms with E-state index in [4.69, 9.17) is 37.4 Å². The minimum Gasteiger partial charge on any atom is -0.489 e. The number of benzene rings is 4. The number of pyridine rings is 1. The number of ether oxygens (including phenoxy) is 3. The topological polar surface area (TPSA) is 148 Å². The maximum absolute atomic E-state index is 13.6. The van der Waals surface area contributed by atoms with Crippen LogP contribution in [0.25, 0.3) is 11.1 Å². The van der Waals surface area contributed by atoms with E-state index in [0.717, 1.165) is 38.4 Å². The number of rotatable bonds is 10. The molecule has 0 aliphatic carbocycles. The van der Waals surface area contributed by atoms with Gasteiger partial charge in [-0.3, -0.25) is 14.7 Å². The number of carboxylic acids is 1. The van der Waals surface area contributed by atoms with Crippen LogP contribution < -0.4 is 19.5 Å². The predicted octanol–water partition coefficient (Wildman–Crippen LogP) is 7.98. The lowest BCUT2D eigenvalue weighted by Gasteiger charge is -2.36. The molecule has 13 heteroatoms. The molecule has 2 amide bonds. The molecule has 0 bridgehead atoms. The van der Waals surface area contributed by atoms with Gasteiger partial charge in [0, 0.05) is 24.7 Å². The van der Waals surface area contributed by atoms with Crippen LogP contribution in [0.15, 0.2) is 91.1 Å². The number of aryl methyl sites for hydroxylation is 1. The molecule has 5 aromatic rings. The first-order valence-electron chi connectivity index (χ1n) is 17.6. The van der Waals surface area contributed by atoms with E-state index in [1.807, 2.05) is 74.5 Å². The summed E-state index contributed by atoms with van der Waals surface area (Å²) in [5.74, 6) is -0.336. The van der Waals surface area contributed by atoms with Crippen molar-refractivity contribution in [3.8, 4) is 28.4 Å². The number of hydrogen-bond acceptors (Lipinski definition) is 7. The lowest BCUT2D eigenvalue weighted by Crippen LogP contribution is -2.55. The first kappa shape index (κ1) is 37.5. The van der Waals surface area contributed by atoms with Crippen molar-refractivity contribution in [1.82, 2.24) is 15.2 Å². The van der Waals surface area contributed by atoms with Crippen LogP contribution in [-0.2, 0) is 35.6 Å². The van der Waals surface area contributed by atoms with E-state index >= 15 is 0 Å². The third-order valence-corrected chi connectivity index (χ3v) is 10.8.